The second kappa shape index (κ2) is 9.07. The number of aliphatic hydroxyl groups excluding tert-OH is 1. The Morgan fingerprint density at radius 3 is 2.57 bits per heavy atom. The lowest BCUT2D eigenvalue weighted by Crippen LogP contribution is -2.38. The Hall–Kier alpha value is -2.18. The number of hydrogen-bond acceptors (Lipinski definition) is 4. The van der Waals surface area contributed by atoms with Gasteiger partial charge in [0, 0.05) is 30.0 Å². The van der Waals surface area contributed by atoms with E-state index in [1.807, 2.05) is 35.7 Å². The van der Waals surface area contributed by atoms with Crippen LogP contribution < -0.4 is 10.6 Å². The van der Waals surface area contributed by atoms with Gasteiger partial charge in [-0.2, -0.15) is 11.3 Å². The Balaban J connectivity index is 1.79. The Kier molecular flexibility index (Phi) is 6.77. The summed E-state index contributed by atoms with van der Waals surface area (Å²) in [5, 5.41) is 18.1. The van der Waals surface area contributed by atoms with Gasteiger partial charge >= 0.3 is 0 Å². The van der Waals surface area contributed by atoms with E-state index in [2.05, 4.69) is 10.6 Å². The summed E-state index contributed by atoms with van der Waals surface area (Å²) in [6.07, 6.45) is 0.575. The van der Waals surface area contributed by atoms with Crippen molar-refractivity contribution in [1.29, 1.82) is 0 Å². The molecule has 1 aromatic carbocycles. The summed E-state index contributed by atoms with van der Waals surface area (Å²) in [5.74, 6) is -0.443. The van der Waals surface area contributed by atoms with Gasteiger partial charge in [0.2, 0.25) is 5.91 Å². The molecular weight excluding hydrogens is 312 g/mol. The molecule has 0 radical (unpaired) electrons. The maximum atomic E-state index is 11.9. The summed E-state index contributed by atoms with van der Waals surface area (Å²) in [5.41, 5.74) is 1.63. The topological polar surface area (TPSA) is 78.4 Å². The van der Waals surface area contributed by atoms with Gasteiger partial charge in [-0.25, -0.2) is 0 Å². The van der Waals surface area contributed by atoms with Gasteiger partial charge in [0.25, 0.3) is 5.91 Å². The lowest BCUT2D eigenvalue weighted by Gasteiger charge is -2.17. The highest BCUT2D eigenvalue weighted by Crippen LogP contribution is 2.17. The van der Waals surface area contributed by atoms with Crippen LogP contribution in [0.15, 0.2) is 47.2 Å². The summed E-state index contributed by atoms with van der Waals surface area (Å²) >= 11 is 1.43. The van der Waals surface area contributed by atoms with Crippen LogP contribution in [0.5, 0.6) is 0 Å². The van der Waals surface area contributed by atoms with Gasteiger partial charge in [0.05, 0.1) is 6.54 Å². The Morgan fingerprint density at radius 2 is 1.91 bits per heavy atom. The third-order valence-corrected chi connectivity index (χ3v) is 4.17. The highest BCUT2D eigenvalue weighted by molar-refractivity contribution is 7.08. The molecular formula is C17H20N2O3S. The molecule has 6 heteroatoms. The zero-order chi connectivity index (χ0) is 16.5. The van der Waals surface area contributed by atoms with Crippen molar-refractivity contribution in [3.8, 4) is 0 Å². The van der Waals surface area contributed by atoms with Gasteiger partial charge in [-0.1, -0.05) is 30.3 Å². The van der Waals surface area contributed by atoms with Crippen LogP contribution in [0.3, 0.4) is 0 Å². The molecule has 0 aliphatic heterocycles. The number of benzene rings is 1. The highest BCUT2D eigenvalue weighted by atomic mass is 32.1. The maximum absolute atomic E-state index is 11.9. The number of rotatable bonds is 8. The van der Waals surface area contributed by atoms with Crippen LogP contribution in [0.1, 0.15) is 28.3 Å². The van der Waals surface area contributed by atoms with Crippen molar-refractivity contribution < 1.29 is 14.7 Å². The van der Waals surface area contributed by atoms with Gasteiger partial charge in [-0.3, -0.25) is 9.59 Å². The predicted octanol–water partition coefficient (Wildman–Crippen LogP) is 1.76. The maximum Gasteiger partial charge on any atom is 0.252 e. The third kappa shape index (κ3) is 5.50. The van der Waals surface area contributed by atoms with Crippen LogP contribution in [0.4, 0.5) is 0 Å². The normalized spacial score (nSPS) is 11.7. The minimum Gasteiger partial charge on any atom is -0.396 e. The van der Waals surface area contributed by atoms with E-state index in [1.54, 1.807) is 11.4 Å². The second-order valence-corrected chi connectivity index (χ2v) is 5.90. The first-order valence-electron chi connectivity index (χ1n) is 7.43. The summed E-state index contributed by atoms with van der Waals surface area (Å²) < 4.78 is 0. The molecule has 1 heterocycles. The van der Waals surface area contributed by atoms with Gasteiger partial charge in [-0.05, 0) is 23.4 Å². The van der Waals surface area contributed by atoms with Crippen LogP contribution in [0.25, 0.3) is 0 Å². The summed E-state index contributed by atoms with van der Waals surface area (Å²) in [7, 11) is 0. The molecule has 3 N–H and O–H groups in total. The van der Waals surface area contributed by atoms with E-state index in [1.165, 1.54) is 11.3 Å². The fourth-order valence-electron chi connectivity index (χ4n) is 2.22. The highest BCUT2D eigenvalue weighted by Gasteiger charge is 2.13. The number of aliphatic hydroxyl groups is 1. The van der Waals surface area contributed by atoms with Crippen molar-refractivity contribution in [2.45, 2.75) is 12.3 Å². The van der Waals surface area contributed by atoms with Gasteiger partial charge in [0.1, 0.15) is 0 Å². The molecule has 0 spiro atoms. The first kappa shape index (κ1) is 17.2. The van der Waals surface area contributed by atoms with Crippen LogP contribution in [-0.2, 0) is 4.79 Å². The number of thiophene rings is 1. The molecule has 2 aromatic rings. The Labute approximate surface area is 139 Å². The molecule has 2 amide bonds. The molecule has 0 saturated heterocycles. The molecule has 1 aromatic heterocycles. The molecule has 122 valence electrons. The van der Waals surface area contributed by atoms with Crippen LogP contribution >= 0.6 is 11.3 Å². The molecule has 0 saturated carbocycles. The Bertz CT molecular complexity index is 614. The fourth-order valence-corrected chi connectivity index (χ4v) is 2.86. The van der Waals surface area contributed by atoms with E-state index in [4.69, 9.17) is 0 Å². The van der Waals surface area contributed by atoms with Crippen molar-refractivity contribution in [2.75, 3.05) is 19.7 Å². The Morgan fingerprint density at radius 1 is 1.13 bits per heavy atom. The van der Waals surface area contributed by atoms with Gasteiger partial charge < -0.3 is 15.7 Å². The van der Waals surface area contributed by atoms with Crippen molar-refractivity contribution in [2.24, 2.45) is 0 Å². The molecule has 1 unspecified atom stereocenters. The molecule has 2 rings (SSSR count). The van der Waals surface area contributed by atoms with E-state index in [9.17, 15) is 14.7 Å². The van der Waals surface area contributed by atoms with E-state index in [-0.39, 0.29) is 30.9 Å². The number of nitrogens with one attached hydrogen (secondary N) is 2. The fraction of sp³-hybridized carbons (Fsp3) is 0.294. The number of amides is 2. The van der Waals surface area contributed by atoms with Crippen LogP contribution in [0.2, 0.25) is 0 Å². The number of hydrogen-bond donors (Lipinski definition) is 3. The monoisotopic (exact) mass is 332 g/mol. The SMILES string of the molecule is O=C(CNC(=O)c1ccsc1)NCC(CCO)c1ccccc1. The largest absolute Gasteiger partial charge is 0.396 e. The average Bonchev–Trinajstić information content (AvgIpc) is 3.12. The van der Waals surface area contributed by atoms with Crippen molar-refractivity contribution >= 4 is 23.2 Å². The van der Waals surface area contributed by atoms with Crippen molar-refractivity contribution in [3.05, 3.63) is 58.3 Å². The first-order valence-corrected chi connectivity index (χ1v) is 8.38. The van der Waals surface area contributed by atoms with E-state index >= 15 is 0 Å². The van der Waals surface area contributed by atoms with Crippen LogP contribution in [0, 0.1) is 0 Å². The molecule has 23 heavy (non-hydrogen) atoms. The average molecular weight is 332 g/mol. The lowest BCUT2D eigenvalue weighted by atomic mass is 9.96. The zero-order valence-electron chi connectivity index (χ0n) is 12.7. The minimum atomic E-state index is -0.253. The van der Waals surface area contributed by atoms with E-state index < -0.39 is 0 Å². The summed E-state index contributed by atoms with van der Waals surface area (Å²) in [6, 6.07) is 11.5. The molecule has 5 nitrogen and oxygen atoms in total. The molecule has 0 bridgehead atoms. The zero-order valence-corrected chi connectivity index (χ0v) is 13.5. The molecule has 0 aliphatic carbocycles. The van der Waals surface area contributed by atoms with Gasteiger partial charge in [-0.15, -0.1) is 0 Å². The lowest BCUT2D eigenvalue weighted by molar-refractivity contribution is -0.120. The smallest absolute Gasteiger partial charge is 0.252 e. The third-order valence-electron chi connectivity index (χ3n) is 3.49. The second-order valence-electron chi connectivity index (χ2n) is 5.12. The predicted molar refractivity (Wildman–Crippen MR) is 90.5 cm³/mol. The summed E-state index contributed by atoms with van der Waals surface area (Å²) in [4.78, 5) is 23.6. The van der Waals surface area contributed by atoms with Gasteiger partial charge in [0.15, 0.2) is 0 Å². The standard InChI is InChI=1S/C17H20N2O3S/c20-8-6-14(13-4-2-1-3-5-13)10-18-16(21)11-19-17(22)15-7-9-23-12-15/h1-5,7,9,12,14,20H,6,8,10-11H2,(H,18,21)(H,19,22). The van der Waals surface area contributed by atoms with Crippen molar-refractivity contribution in [1.82, 2.24) is 10.6 Å². The number of carbonyl (C=O) groups is 2. The summed E-state index contributed by atoms with van der Waals surface area (Å²) in [6.45, 7) is 0.428. The molecule has 1 atom stereocenters. The van der Waals surface area contributed by atoms with E-state index in [0.29, 0.717) is 18.5 Å². The minimum absolute atomic E-state index is 0.0534. The molecule has 0 aliphatic rings. The van der Waals surface area contributed by atoms with Crippen LogP contribution in [-0.4, -0.2) is 36.6 Å². The van der Waals surface area contributed by atoms with E-state index in [0.717, 1.165) is 5.56 Å². The quantitative estimate of drug-likeness (QED) is 0.689. The first-order chi connectivity index (χ1) is 11.2. The molecule has 0 fully saturated rings. The number of carbonyl (C=O) groups excluding carboxylic acids is 2. The van der Waals surface area contributed by atoms with Crippen molar-refractivity contribution in [3.63, 3.8) is 0 Å².